The van der Waals surface area contributed by atoms with Gasteiger partial charge in [-0.15, -0.1) is 0 Å². The fourth-order valence-electron chi connectivity index (χ4n) is 1.16. The van der Waals surface area contributed by atoms with Crippen molar-refractivity contribution >= 4 is 44.5 Å². The number of halogens is 2. The van der Waals surface area contributed by atoms with Crippen LogP contribution < -0.4 is 0 Å². The second kappa shape index (κ2) is 3.33. The third kappa shape index (κ3) is 1.42. The van der Waals surface area contributed by atoms with Crippen LogP contribution in [0.15, 0.2) is 16.9 Å². The molecular weight excluding hydrogens is 269 g/mol. The molecule has 0 atom stereocenters. The molecule has 0 fully saturated rings. The summed E-state index contributed by atoms with van der Waals surface area (Å²) in [5.41, 5.74) is 1.25. The van der Waals surface area contributed by atoms with Gasteiger partial charge in [0.15, 0.2) is 0 Å². The van der Waals surface area contributed by atoms with Gasteiger partial charge < -0.3 is 0 Å². The summed E-state index contributed by atoms with van der Waals surface area (Å²) >= 11 is 9.06. The number of hydrogen-bond acceptors (Lipinski definition) is 3. The Bertz CT molecular complexity index is 523. The maximum atomic E-state index is 11.1. The summed E-state index contributed by atoms with van der Waals surface area (Å²) in [4.78, 5) is 15.3. The predicted octanol–water partition coefficient (Wildman–Crippen LogP) is 2.51. The number of pyridine rings is 1. The highest BCUT2D eigenvalue weighted by atomic mass is 79.9. The first-order valence-electron chi connectivity index (χ1n) is 3.80. The summed E-state index contributed by atoms with van der Waals surface area (Å²) in [5, 5.41) is 4.36. The lowest BCUT2D eigenvalue weighted by Crippen LogP contribution is -2.06. The first-order chi connectivity index (χ1) is 6.59. The molecule has 0 N–H and O–H groups in total. The van der Waals surface area contributed by atoms with Crippen LogP contribution >= 0.6 is 27.5 Å². The molecule has 2 rings (SSSR count). The lowest BCUT2D eigenvalue weighted by atomic mass is 10.4. The number of carbonyl (C=O) groups excluding carboxylic acids is 1. The maximum Gasteiger partial charge on any atom is 0.244 e. The minimum absolute atomic E-state index is 0.166. The number of fused-ring (bicyclic) bond motifs is 1. The van der Waals surface area contributed by atoms with Gasteiger partial charge >= 0.3 is 0 Å². The SMILES string of the molecule is CC(=O)n1ncc2nc(Br)c(Cl)cc21. The molecule has 2 aromatic heterocycles. The Balaban J connectivity index is 2.80. The zero-order valence-corrected chi connectivity index (χ0v) is 9.50. The Labute approximate surface area is 93.0 Å². The van der Waals surface area contributed by atoms with Gasteiger partial charge in [-0.1, -0.05) is 11.6 Å². The summed E-state index contributed by atoms with van der Waals surface area (Å²) in [6, 6.07) is 1.66. The molecule has 0 unspecified atom stereocenters. The van der Waals surface area contributed by atoms with Crippen molar-refractivity contribution in [1.29, 1.82) is 0 Å². The maximum absolute atomic E-state index is 11.1. The molecule has 0 bridgehead atoms. The van der Waals surface area contributed by atoms with E-state index < -0.39 is 0 Å². The quantitative estimate of drug-likeness (QED) is 0.694. The van der Waals surface area contributed by atoms with Gasteiger partial charge in [-0.05, 0) is 22.0 Å². The van der Waals surface area contributed by atoms with Gasteiger partial charge in [-0.25, -0.2) is 4.98 Å². The monoisotopic (exact) mass is 273 g/mol. The number of hydrogen-bond donors (Lipinski definition) is 0. The number of carbonyl (C=O) groups is 1. The predicted molar refractivity (Wildman–Crippen MR) is 56.5 cm³/mol. The van der Waals surface area contributed by atoms with Crippen LogP contribution in [0.4, 0.5) is 0 Å². The molecule has 0 aliphatic carbocycles. The van der Waals surface area contributed by atoms with Crippen molar-refractivity contribution < 1.29 is 4.79 Å². The molecule has 2 aromatic rings. The molecule has 0 amide bonds. The Morgan fingerprint density at radius 1 is 1.64 bits per heavy atom. The van der Waals surface area contributed by atoms with E-state index in [0.29, 0.717) is 20.7 Å². The topological polar surface area (TPSA) is 47.8 Å². The molecule has 0 aliphatic heterocycles. The van der Waals surface area contributed by atoms with E-state index in [1.54, 1.807) is 6.07 Å². The van der Waals surface area contributed by atoms with Crippen LogP contribution in [0.25, 0.3) is 11.0 Å². The van der Waals surface area contributed by atoms with E-state index in [9.17, 15) is 4.79 Å². The molecule has 0 spiro atoms. The van der Waals surface area contributed by atoms with Crippen LogP contribution in [0.5, 0.6) is 0 Å². The van der Waals surface area contributed by atoms with Crippen molar-refractivity contribution in [1.82, 2.24) is 14.8 Å². The van der Waals surface area contributed by atoms with Crippen molar-refractivity contribution in [2.24, 2.45) is 0 Å². The Hall–Kier alpha value is -0.940. The summed E-state index contributed by atoms with van der Waals surface area (Å²) in [6.45, 7) is 1.43. The molecule has 4 nitrogen and oxygen atoms in total. The zero-order valence-electron chi connectivity index (χ0n) is 7.16. The lowest BCUT2D eigenvalue weighted by molar-refractivity contribution is 0.0927. The highest BCUT2D eigenvalue weighted by Gasteiger charge is 2.09. The van der Waals surface area contributed by atoms with Gasteiger partial charge in [0.1, 0.15) is 10.1 Å². The van der Waals surface area contributed by atoms with Crippen molar-refractivity contribution in [2.45, 2.75) is 6.92 Å². The molecular formula is C8H5BrClN3O. The fraction of sp³-hybridized carbons (Fsp3) is 0.125. The number of nitrogens with zero attached hydrogens (tertiary/aromatic N) is 3. The molecule has 14 heavy (non-hydrogen) atoms. The van der Waals surface area contributed by atoms with E-state index in [1.807, 2.05) is 0 Å². The second-order valence-corrected chi connectivity index (χ2v) is 3.90. The highest BCUT2D eigenvalue weighted by Crippen LogP contribution is 2.24. The Morgan fingerprint density at radius 3 is 3.00 bits per heavy atom. The third-order valence-electron chi connectivity index (χ3n) is 1.76. The molecule has 0 radical (unpaired) electrons. The summed E-state index contributed by atoms with van der Waals surface area (Å²) in [5.74, 6) is -0.166. The van der Waals surface area contributed by atoms with Crippen LogP contribution in [0.2, 0.25) is 5.02 Å². The fourth-order valence-corrected chi connectivity index (χ4v) is 1.61. The van der Waals surface area contributed by atoms with Gasteiger partial charge in [0.25, 0.3) is 0 Å². The molecule has 72 valence electrons. The largest absolute Gasteiger partial charge is 0.273 e. The van der Waals surface area contributed by atoms with Crippen LogP contribution in [0.3, 0.4) is 0 Å². The lowest BCUT2D eigenvalue weighted by Gasteiger charge is -1.98. The van der Waals surface area contributed by atoms with E-state index in [4.69, 9.17) is 11.6 Å². The van der Waals surface area contributed by atoms with Crippen LogP contribution in [-0.4, -0.2) is 20.7 Å². The summed E-state index contributed by atoms with van der Waals surface area (Å²) < 4.78 is 1.82. The average molecular weight is 275 g/mol. The zero-order chi connectivity index (χ0) is 10.3. The Morgan fingerprint density at radius 2 is 2.36 bits per heavy atom. The van der Waals surface area contributed by atoms with Crippen LogP contribution in [-0.2, 0) is 0 Å². The molecule has 0 saturated carbocycles. The van der Waals surface area contributed by atoms with Gasteiger partial charge in [0.05, 0.1) is 16.7 Å². The standard InChI is InChI=1S/C8H5BrClN3O/c1-4(14)13-7-2-5(10)8(9)12-6(7)3-11-13/h2-3H,1H3. The second-order valence-electron chi connectivity index (χ2n) is 2.74. The van der Waals surface area contributed by atoms with E-state index in [0.717, 1.165) is 0 Å². The number of aromatic nitrogens is 3. The molecule has 6 heteroatoms. The van der Waals surface area contributed by atoms with Crippen LogP contribution in [0, 0.1) is 0 Å². The van der Waals surface area contributed by atoms with E-state index in [-0.39, 0.29) is 5.91 Å². The van der Waals surface area contributed by atoms with E-state index in [2.05, 4.69) is 26.0 Å². The highest BCUT2D eigenvalue weighted by molar-refractivity contribution is 9.10. The average Bonchev–Trinajstić information content (AvgIpc) is 2.48. The minimum Gasteiger partial charge on any atom is -0.273 e. The molecule has 0 saturated heterocycles. The third-order valence-corrected chi connectivity index (χ3v) is 2.88. The van der Waals surface area contributed by atoms with Gasteiger partial charge in [-0.2, -0.15) is 9.78 Å². The van der Waals surface area contributed by atoms with E-state index >= 15 is 0 Å². The number of rotatable bonds is 0. The van der Waals surface area contributed by atoms with Crippen molar-refractivity contribution in [3.8, 4) is 0 Å². The van der Waals surface area contributed by atoms with Crippen molar-refractivity contribution in [3.05, 3.63) is 21.9 Å². The molecule has 2 heterocycles. The van der Waals surface area contributed by atoms with Crippen molar-refractivity contribution in [3.63, 3.8) is 0 Å². The first kappa shape index (κ1) is 9.61. The van der Waals surface area contributed by atoms with Gasteiger partial charge in [-0.3, -0.25) is 4.79 Å². The van der Waals surface area contributed by atoms with Crippen LogP contribution in [0.1, 0.15) is 11.7 Å². The molecule has 0 aromatic carbocycles. The molecule has 0 aliphatic rings. The smallest absolute Gasteiger partial charge is 0.244 e. The minimum atomic E-state index is -0.166. The summed E-state index contributed by atoms with van der Waals surface area (Å²) in [7, 11) is 0. The van der Waals surface area contributed by atoms with E-state index in [1.165, 1.54) is 17.8 Å². The normalized spacial score (nSPS) is 10.8. The van der Waals surface area contributed by atoms with Gasteiger partial charge in [0.2, 0.25) is 5.91 Å². The summed E-state index contributed by atoms with van der Waals surface area (Å²) in [6.07, 6.45) is 1.53. The van der Waals surface area contributed by atoms with Gasteiger partial charge in [0, 0.05) is 6.92 Å². The first-order valence-corrected chi connectivity index (χ1v) is 4.97. The Kier molecular flexibility index (Phi) is 2.28. The van der Waals surface area contributed by atoms with Crippen molar-refractivity contribution in [2.75, 3.05) is 0 Å².